The molecule has 4 amide bonds. The third kappa shape index (κ3) is 3.56. The molecule has 1 aliphatic carbocycles. The van der Waals surface area contributed by atoms with Crippen LogP contribution in [0.5, 0.6) is 0 Å². The van der Waals surface area contributed by atoms with Gasteiger partial charge in [-0.05, 0) is 48.8 Å². The number of imide groups is 2. The molecule has 3 unspecified atom stereocenters. The van der Waals surface area contributed by atoms with E-state index in [4.69, 9.17) is 10.5 Å². The Morgan fingerprint density at radius 1 is 1.06 bits per heavy atom. The number of hydrogen-bond donors (Lipinski definition) is 3. The van der Waals surface area contributed by atoms with Crippen molar-refractivity contribution in [3.05, 3.63) is 34.9 Å². The quantitative estimate of drug-likeness (QED) is 0.575. The Morgan fingerprint density at radius 3 is 2.48 bits per heavy atom. The zero-order valence-electron chi connectivity index (χ0n) is 17.1. The van der Waals surface area contributed by atoms with Crippen LogP contribution < -0.4 is 16.4 Å². The first-order valence-corrected chi connectivity index (χ1v) is 10.8. The van der Waals surface area contributed by atoms with Gasteiger partial charge in [-0.3, -0.25) is 29.4 Å². The highest BCUT2D eigenvalue weighted by Gasteiger charge is 2.45. The second-order valence-electron chi connectivity index (χ2n) is 9.02. The molecule has 3 aliphatic heterocycles. The largest absolute Gasteiger partial charge is 0.381 e. The van der Waals surface area contributed by atoms with E-state index in [0.29, 0.717) is 48.8 Å². The van der Waals surface area contributed by atoms with Gasteiger partial charge in [0.2, 0.25) is 11.8 Å². The molecule has 3 heterocycles. The highest BCUT2D eigenvalue weighted by atomic mass is 16.5. The number of amides is 4. The highest BCUT2D eigenvalue weighted by molar-refractivity contribution is 6.23. The molecule has 3 fully saturated rings. The third-order valence-corrected chi connectivity index (χ3v) is 6.94. The summed E-state index contributed by atoms with van der Waals surface area (Å²) >= 11 is 0. The fourth-order valence-electron chi connectivity index (χ4n) is 5.46. The van der Waals surface area contributed by atoms with Crippen LogP contribution in [0.3, 0.4) is 0 Å². The SMILES string of the molecule is NC1C[C@H]2COC[C@@H](C1)C2NCc1ccc2c(c1)C(=O)N(C1CCC(=O)NC1=O)C2=O. The number of ether oxygens (including phenoxy) is 1. The summed E-state index contributed by atoms with van der Waals surface area (Å²) in [4.78, 5) is 50.4. The molecule has 2 saturated heterocycles. The molecule has 1 aromatic rings. The minimum absolute atomic E-state index is 0.107. The topological polar surface area (TPSA) is 131 Å². The fraction of sp³-hybridized carbons (Fsp3) is 0.545. The summed E-state index contributed by atoms with van der Waals surface area (Å²) in [5.41, 5.74) is 7.68. The highest BCUT2D eigenvalue weighted by Crippen LogP contribution is 2.34. The second kappa shape index (κ2) is 7.81. The molecule has 5 atom stereocenters. The van der Waals surface area contributed by atoms with Crippen LogP contribution in [-0.4, -0.2) is 59.9 Å². The average molecular weight is 426 g/mol. The van der Waals surface area contributed by atoms with Gasteiger partial charge in [0.1, 0.15) is 6.04 Å². The van der Waals surface area contributed by atoms with Crippen molar-refractivity contribution in [2.45, 2.75) is 50.4 Å². The van der Waals surface area contributed by atoms with Crippen molar-refractivity contribution in [3.8, 4) is 0 Å². The van der Waals surface area contributed by atoms with Gasteiger partial charge in [-0.25, -0.2) is 0 Å². The van der Waals surface area contributed by atoms with Gasteiger partial charge in [-0.15, -0.1) is 0 Å². The number of fused-ring (bicyclic) bond motifs is 3. The van der Waals surface area contributed by atoms with E-state index in [-0.39, 0.29) is 24.8 Å². The van der Waals surface area contributed by atoms with Crippen LogP contribution in [0.4, 0.5) is 0 Å². The number of nitrogens with two attached hydrogens (primary N) is 1. The molecule has 1 saturated carbocycles. The first-order chi connectivity index (χ1) is 14.9. The van der Waals surface area contributed by atoms with E-state index < -0.39 is 23.8 Å². The minimum Gasteiger partial charge on any atom is -0.381 e. The van der Waals surface area contributed by atoms with Crippen LogP contribution in [0.2, 0.25) is 0 Å². The van der Waals surface area contributed by atoms with E-state index in [1.165, 1.54) is 0 Å². The van der Waals surface area contributed by atoms with E-state index >= 15 is 0 Å². The van der Waals surface area contributed by atoms with E-state index in [2.05, 4.69) is 10.6 Å². The lowest BCUT2D eigenvalue weighted by Crippen LogP contribution is -2.55. The maximum Gasteiger partial charge on any atom is 0.262 e. The lowest BCUT2D eigenvalue weighted by molar-refractivity contribution is -0.136. The summed E-state index contributed by atoms with van der Waals surface area (Å²) in [7, 11) is 0. The van der Waals surface area contributed by atoms with Gasteiger partial charge in [0.05, 0.1) is 24.3 Å². The molecule has 9 nitrogen and oxygen atoms in total. The van der Waals surface area contributed by atoms with Crippen molar-refractivity contribution < 1.29 is 23.9 Å². The predicted octanol–water partition coefficient (Wildman–Crippen LogP) is -0.0703. The van der Waals surface area contributed by atoms with Gasteiger partial charge in [0.15, 0.2) is 0 Å². The summed E-state index contributed by atoms with van der Waals surface area (Å²) in [6, 6.07) is 4.82. The zero-order chi connectivity index (χ0) is 21.7. The van der Waals surface area contributed by atoms with Crippen LogP contribution in [0.15, 0.2) is 18.2 Å². The first-order valence-electron chi connectivity index (χ1n) is 10.8. The number of carbonyl (C=O) groups is 4. The van der Waals surface area contributed by atoms with E-state index in [0.717, 1.165) is 23.3 Å². The summed E-state index contributed by atoms with van der Waals surface area (Å²) < 4.78 is 5.70. The third-order valence-electron chi connectivity index (χ3n) is 6.94. The standard InChI is InChI=1S/C22H26N4O5/c23-14-6-12-9-31-10-13(7-14)19(12)24-8-11-1-2-15-16(5-11)22(30)26(21(15)29)17-3-4-18(27)25-20(17)28/h1-2,5,12-14,17,19,24H,3-4,6-10,23H2,(H,25,27,28)/t12-,13+,14?,17?,19?. The van der Waals surface area contributed by atoms with Gasteiger partial charge < -0.3 is 15.8 Å². The van der Waals surface area contributed by atoms with E-state index in [1.54, 1.807) is 12.1 Å². The van der Waals surface area contributed by atoms with Crippen molar-refractivity contribution in [1.82, 2.24) is 15.5 Å². The Kier molecular flexibility index (Phi) is 5.11. The number of nitrogens with zero attached hydrogens (tertiary/aromatic N) is 1. The number of rotatable bonds is 4. The molecule has 0 radical (unpaired) electrons. The zero-order valence-corrected chi connectivity index (χ0v) is 17.1. The van der Waals surface area contributed by atoms with Crippen molar-refractivity contribution in [3.63, 3.8) is 0 Å². The van der Waals surface area contributed by atoms with Crippen LogP contribution in [0.25, 0.3) is 0 Å². The number of carbonyl (C=O) groups excluding carboxylic acids is 4. The van der Waals surface area contributed by atoms with Crippen molar-refractivity contribution in [2.24, 2.45) is 17.6 Å². The fourth-order valence-corrected chi connectivity index (χ4v) is 5.46. The van der Waals surface area contributed by atoms with E-state index in [1.807, 2.05) is 6.07 Å². The number of piperidine rings is 1. The van der Waals surface area contributed by atoms with Gasteiger partial charge in [-0.1, -0.05) is 6.07 Å². The van der Waals surface area contributed by atoms with Crippen LogP contribution in [0.1, 0.15) is 52.0 Å². The summed E-state index contributed by atoms with van der Waals surface area (Å²) in [6.07, 6.45) is 2.13. The van der Waals surface area contributed by atoms with Gasteiger partial charge in [-0.2, -0.15) is 0 Å². The van der Waals surface area contributed by atoms with Gasteiger partial charge in [0, 0.05) is 25.0 Å². The van der Waals surface area contributed by atoms with Crippen LogP contribution in [0, 0.1) is 11.8 Å². The smallest absolute Gasteiger partial charge is 0.262 e. The Morgan fingerprint density at radius 2 is 1.77 bits per heavy atom. The molecule has 0 aromatic heterocycles. The molecule has 164 valence electrons. The lowest BCUT2D eigenvalue weighted by Gasteiger charge is -2.45. The van der Waals surface area contributed by atoms with E-state index in [9.17, 15) is 19.2 Å². The number of nitrogens with one attached hydrogen (secondary N) is 2. The Labute approximate surface area is 179 Å². The maximum absolute atomic E-state index is 13.0. The Hall–Kier alpha value is -2.62. The van der Waals surface area contributed by atoms with Crippen LogP contribution in [-0.2, 0) is 20.9 Å². The molecule has 2 bridgehead atoms. The molecule has 4 N–H and O–H groups in total. The second-order valence-corrected chi connectivity index (χ2v) is 9.02. The summed E-state index contributed by atoms with van der Waals surface area (Å²) in [5.74, 6) is -1.19. The Balaban J connectivity index is 1.30. The first kappa shape index (κ1) is 20.3. The Bertz CT molecular complexity index is 949. The molecule has 1 aromatic carbocycles. The molecule has 31 heavy (non-hydrogen) atoms. The van der Waals surface area contributed by atoms with Crippen molar-refractivity contribution in [2.75, 3.05) is 13.2 Å². The monoisotopic (exact) mass is 426 g/mol. The number of benzene rings is 1. The number of hydrogen-bond acceptors (Lipinski definition) is 7. The summed E-state index contributed by atoms with van der Waals surface area (Å²) in [5, 5.41) is 5.83. The molecular formula is C22H26N4O5. The molecule has 4 aliphatic rings. The molecule has 0 spiro atoms. The summed E-state index contributed by atoms with van der Waals surface area (Å²) in [6.45, 7) is 1.99. The van der Waals surface area contributed by atoms with Gasteiger partial charge in [0.25, 0.3) is 11.8 Å². The van der Waals surface area contributed by atoms with Crippen LogP contribution >= 0.6 is 0 Å². The molecule has 5 rings (SSSR count). The van der Waals surface area contributed by atoms with Crippen molar-refractivity contribution in [1.29, 1.82) is 0 Å². The van der Waals surface area contributed by atoms with Crippen molar-refractivity contribution >= 4 is 23.6 Å². The predicted molar refractivity (Wildman–Crippen MR) is 109 cm³/mol. The molecule has 9 heteroatoms. The van der Waals surface area contributed by atoms with Gasteiger partial charge >= 0.3 is 0 Å². The average Bonchev–Trinajstić information content (AvgIpc) is 2.97. The minimum atomic E-state index is -0.947. The normalized spacial score (nSPS) is 32.8. The lowest BCUT2D eigenvalue weighted by atomic mass is 9.73. The maximum atomic E-state index is 13.0. The molecular weight excluding hydrogens is 400 g/mol.